The minimum Gasteiger partial charge on any atom is -0.368 e. The number of hydrogen-bond donors (Lipinski definition) is 1. The quantitative estimate of drug-likeness (QED) is 0.718. The van der Waals surface area contributed by atoms with E-state index in [4.69, 9.17) is 0 Å². The van der Waals surface area contributed by atoms with Gasteiger partial charge in [-0.05, 0) is 42.5 Å². The first-order chi connectivity index (χ1) is 14.2. The summed E-state index contributed by atoms with van der Waals surface area (Å²) in [7, 11) is 0. The first-order valence-electron chi connectivity index (χ1n) is 9.46. The summed E-state index contributed by atoms with van der Waals surface area (Å²) in [6.07, 6.45) is 3.29. The summed E-state index contributed by atoms with van der Waals surface area (Å²) in [5.41, 5.74) is 2.11. The van der Waals surface area contributed by atoms with E-state index in [0.717, 1.165) is 37.6 Å². The number of amides is 1. The molecule has 148 valence electrons. The highest BCUT2D eigenvalue weighted by Gasteiger charge is 2.20. The fourth-order valence-electron chi connectivity index (χ4n) is 3.21. The maximum atomic E-state index is 13.1. The van der Waals surface area contributed by atoms with Gasteiger partial charge < -0.3 is 15.1 Å². The van der Waals surface area contributed by atoms with Crippen LogP contribution in [0.25, 0.3) is 0 Å². The second kappa shape index (κ2) is 8.64. The summed E-state index contributed by atoms with van der Waals surface area (Å²) in [6.45, 7) is 3.32. The van der Waals surface area contributed by atoms with E-state index in [0.29, 0.717) is 18.2 Å². The van der Waals surface area contributed by atoms with Crippen molar-refractivity contribution >= 4 is 17.5 Å². The van der Waals surface area contributed by atoms with Gasteiger partial charge in [-0.3, -0.25) is 9.78 Å². The molecule has 0 unspecified atom stereocenters. The van der Waals surface area contributed by atoms with Crippen LogP contribution in [0.5, 0.6) is 0 Å². The van der Waals surface area contributed by atoms with Crippen molar-refractivity contribution in [2.45, 2.75) is 6.54 Å². The van der Waals surface area contributed by atoms with Gasteiger partial charge in [-0.15, -0.1) is 0 Å². The number of nitrogens with one attached hydrogen (secondary N) is 1. The van der Waals surface area contributed by atoms with Crippen molar-refractivity contribution in [3.63, 3.8) is 0 Å². The van der Waals surface area contributed by atoms with Crippen molar-refractivity contribution in [1.82, 2.24) is 20.3 Å². The largest absolute Gasteiger partial charge is 0.368 e. The van der Waals surface area contributed by atoms with Crippen LogP contribution in [0.15, 0.2) is 60.9 Å². The van der Waals surface area contributed by atoms with Crippen molar-refractivity contribution in [2.75, 3.05) is 36.0 Å². The summed E-state index contributed by atoms with van der Waals surface area (Å²) in [5.74, 6) is 0.0393. The molecule has 1 N–H and O–H groups in total. The van der Waals surface area contributed by atoms with Gasteiger partial charge in [0, 0.05) is 44.3 Å². The number of pyridine rings is 1. The van der Waals surface area contributed by atoms with Gasteiger partial charge in [0.2, 0.25) is 5.95 Å². The van der Waals surface area contributed by atoms with Gasteiger partial charge in [-0.1, -0.05) is 6.07 Å². The third-order valence-corrected chi connectivity index (χ3v) is 4.79. The number of rotatable bonds is 5. The summed E-state index contributed by atoms with van der Waals surface area (Å²) < 4.78 is 13.1. The Balaban J connectivity index is 1.36. The van der Waals surface area contributed by atoms with Gasteiger partial charge >= 0.3 is 0 Å². The lowest BCUT2D eigenvalue weighted by molar-refractivity contribution is 0.0945. The van der Waals surface area contributed by atoms with Crippen LogP contribution in [0, 0.1) is 5.82 Å². The Hall–Kier alpha value is -3.55. The Labute approximate surface area is 168 Å². The molecule has 3 aromatic rings. The van der Waals surface area contributed by atoms with Crippen molar-refractivity contribution < 1.29 is 9.18 Å². The Morgan fingerprint density at radius 3 is 2.41 bits per heavy atom. The molecule has 4 rings (SSSR count). The average molecular weight is 392 g/mol. The number of aromatic nitrogens is 3. The molecule has 1 aliphatic heterocycles. The van der Waals surface area contributed by atoms with E-state index >= 15 is 0 Å². The highest BCUT2D eigenvalue weighted by atomic mass is 19.1. The van der Waals surface area contributed by atoms with Gasteiger partial charge in [0.1, 0.15) is 11.5 Å². The molecule has 3 heterocycles. The zero-order chi connectivity index (χ0) is 20.1. The van der Waals surface area contributed by atoms with Crippen LogP contribution in [0.4, 0.5) is 16.0 Å². The Morgan fingerprint density at radius 2 is 1.69 bits per heavy atom. The number of nitrogens with zero attached hydrogens (tertiary/aromatic N) is 5. The highest BCUT2D eigenvalue weighted by molar-refractivity contribution is 5.92. The predicted molar refractivity (Wildman–Crippen MR) is 108 cm³/mol. The van der Waals surface area contributed by atoms with Crippen LogP contribution in [0.2, 0.25) is 0 Å². The van der Waals surface area contributed by atoms with Crippen LogP contribution < -0.4 is 15.1 Å². The van der Waals surface area contributed by atoms with Gasteiger partial charge in [0.05, 0.1) is 12.2 Å². The standard InChI is InChI=1S/C21H21FN6O/c22-16-4-6-18(7-5-16)27-11-13-28(14-12-27)21-24-10-8-19(26-21)20(29)25-15-17-3-1-2-9-23-17/h1-10H,11-15H2,(H,25,29). The number of carbonyl (C=O) groups excluding carboxylic acids is 1. The molecule has 7 nitrogen and oxygen atoms in total. The van der Waals surface area contributed by atoms with Crippen LogP contribution in [0.1, 0.15) is 16.2 Å². The number of halogens is 1. The number of piperazine rings is 1. The number of benzene rings is 1. The molecular weight excluding hydrogens is 371 g/mol. The lowest BCUT2D eigenvalue weighted by atomic mass is 10.2. The third kappa shape index (κ3) is 4.66. The zero-order valence-corrected chi connectivity index (χ0v) is 15.8. The van der Waals surface area contributed by atoms with E-state index in [-0.39, 0.29) is 11.7 Å². The molecule has 1 fully saturated rings. The van der Waals surface area contributed by atoms with Gasteiger partial charge in [0.25, 0.3) is 5.91 Å². The van der Waals surface area contributed by atoms with Gasteiger partial charge in [-0.25, -0.2) is 14.4 Å². The Kier molecular flexibility index (Phi) is 5.60. The second-order valence-electron chi connectivity index (χ2n) is 6.70. The summed E-state index contributed by atoms with van der Waals surface area (Å²) in [6, 6.07) is 13.7. The number of hydrogen-bond acceptors (Lipinski definition) is 6. The second-order valence-corrected chi connectivity index (χ2v) is 6.70. The third-order valence-electron chi connectivity index (χ3n) is 4.79. The molecule has 0 aliphatic carbocycles. The first-order valence-corrected chi connectivity index (χ1v) is 9.46. The topological polar surface area (TPSA) is 74.2 Å². The summed E-state index contributed by atoms with van der Waals surface area (Å²) in [4.78, 5) is 29.6. The van der Waals surface area contributed by atoms with Crippen LogP contribution in [-0.4, -0.2) is 47.0 Å². The molecule has 2 aromatic heterocycles. The monoisotopic (exact) mass is 392 g/mol. The minimum atomic E-state index is -0.260. The van der Waals surface area contributed by atoms with E-state index in [1.807, 2.05) is 18.2 Å². The van der Waals surface area contributed by atoms with E-state index in [1.54, 1.807) is 30.6 Å². The van der Waals surface area contributed by atoms with E-state index in [2.05, 4.69) is 30.1 Å². The molecular formula is C21H21FN6O. The van der Waals surface area contributed by atoms with Gasteiger partial charge in [-0.2, -0.15) is 0 Å². The first kappa shape index (κ1) is 18.8. The minimum absolute atomic E-state index is 0.237. The molecule has 29 heavy (non-hydrogen) atoms. The Morgan fingerprint density at radius 1 is 0.931 bits per heavy atom. The Bertz CT molecular complexity index is 958. The maximum Gasteiger partial charge on any atom is 0.270 e. The number of carbonyl (C=O) groups is 1. The van der Waals surface area contributed by atoms with Crippen molar-refractivity contribution in [1.29, 1.82) is 0 Å². The molecule has 1 amide bonds. The summed E-state index contributed by atoms with van der Waals surface area (Å²) >= 11 is 0. The normalized spacial score (nSPS) is 14.0. The van der Waals surface area contributed by atoms with Crippen LogP contribution >= 0.6 is 0 Å². The van der Waals surface area contributed by atoms with Crippen LogP contribution in [-0.2, 0) is 6.54 Å². The lowest BCUT2D eigenvalue weighted by Crippen LogP contribution is -2.47. The number of anilines is 2. The zero-order valence-electron chi connectivity index (χ0n) is 15.8. The molecule has 0 bridgehead atoms. The highest BCUT2D eigenvalue weighted by Crippen LogP contribution is 2.19. The molecule has 0 saturated carbocycles. The molecule has 1 aromatic carbocycles. The smallest absolute Gasteiger partial charge is 0.270 e. The van der Waals surface area contributed by atoms with E-state index in [9.17, 15) is 9.18 Å². The van der Waals surface area contributed by atoms with Crippen LogP contribution in [0.3, 0.4) is 0 Å². The molecule has 1 saturated heterocycles. The molecule has 1 aliphatic rings. The summed E-state index contributed by atoms with van der Waals surface area (Å²) in [5, 5.41) is 2.83. The molecule has 0 spiro atoms. The fourth-order valence-corrected chi connectivity index (χ4v) is 3.21. The fraction of sp³-hybridized carbons (Fsp3) is 0.238. The average Bonchev–Trinajstić information content (AvgIpc) is 2.79. The lowest BCUT2D eigenvalue weighted by Gasteiger charge is -2.36. The SMILES string of the molecule is O=C(NCc1ccccn1)c1ccnc(N2CCN(c3ccc(F)cc3)CC2)n1. The van der Waals surface area contributed by atoms with Gasteiger partial charge in [0.15, 0.2) is 0 Å². The maximum absolute atomic E-state index is 13.1. The molecule has 0 atom stereocenters. The van der Waals surface area contributed by atoms with Crippen molar-refractivity contribution in [2.24, 2.45) is 0 Å². The van der Waals surface area contributed by atoms with E-state index < -0.39 is 0 Å². The van der Waals surface area contributed by atoms with Crippen molar-refractivity contribution in [3.05, 3.63) is 78.1 Å². The molecule has 8 heteroatoms. The predicted octanol–water partition coefficient (Wildman–Crippen LogP) is 2.27. The van der Waals surface area contributed by atoms with Crippen molar-refractivity contribution in [3.8, 4) is 0 Å². The van der Waals surface area contributed by atoms with E-state index in [1.165, 1.54) is 12.1 Å². The molecule has 0 radical (unpaired) electrons.